The standard InChI is InChI=1S/C34H41N7O12/c1-21(2)30(39-27(42)15-18-51-19-17-40-28(43)13-14-29(40)44)32(46)38-26(4-3-16-36-33(35)47)31(45)37-23-7-5-22(6-8-23)20-52-34(48)53-25-11-9-24(10-12-25)41(49)50/h5-14,21,26,30H,3-4,15-20H2,1-2H3,(H,37,45)(H,38,46)(H,39,42)(H3,35,36,47)/t26-,30+/m0/s1. The second-order valence-corrected chi connectivity index (χ2v) is 11.9. The third-order valence-electron chi connectivity index (χ3n) is 7.53. The van der Waals surface area contributed by atoms with E-state index in [2.05, 4.69) is 21.3 Å². The maximum atomic E-state index is 13.4. The second-order valence-electron chi connectivity index (χ2n) is 11.9. The number of imide groups is 1. The second kappa shape index (κ2) is 20.5. The molecule has 3 rings (SSSR count). The summed E-state index contributed by atoms with van der Waals surface area (Å²) in [6.07, 6.45) is 1.55. The molecular weight excluding hydrogens is 698 g/mol. The smallest absolute Gasteiger partial charge is 0.429 e. The van der Waals surface area contributed by atoms with E-state index in [0.29, 0.717) is 11.3 Å². The Morgan fingerprint density at radius 3 is 2.17 bits per heavy atom. The highest BCUT2D eigenvalue weighted by Gasteiger charge is 2.29. The first-order valence-corrected chi connectivity index (χ1v) is 16.5. The molecule has 0 fully saturated rings. The van der Waals surface area contributed by atoms with Crippen molar-refractivity contribution in [3.63, 3.8) is 0 Å². The van der Waals surface area contributed by atoms with Crippen LogP contribution in [0.5, 0.6) is 5.75 Å². The van der Waals surface area contributed by atoms with Gasteiger partial charge < -0.3 is 41.2 Å². The summed E-state index contributed by atoms with van der Waals surface area (Å²) < 4.78 is 15.5. The number of ether oxygens (including phenoxy) is 3. The van der Waals surface area contributed by atoms with Crippen molar-refractivity contribution in [3.05, 3.63) is 76.4 Å². The Bertz CT molecular complexity index is 1660. The maximum absolute atomic E-state index is 13.4. The minimum atomic E-state index is -1.08. The number of amides is 7. The van der Waals surface area contributed by atoms with E-state index in [9.17, 15) is 43.7 Å². The van der Waals surface area contributed by atoms with Gasteiger partial charge in [-0.1, -0.05) is 26.0 Å². The van der Waals surface area contributed by atoms with E-state index >= 15 is 0 Å². The molecule has 0 saturated carbocycles. The lowest BCUT2D eigenvalue weighted by Crippen LogP contribution is -2.54. The van der Waals surface area contributed by atoms with Gasteiger partial charge in [-0.05, 0) is 48.6 Å². The first-order chi connectivity index (χ1) is 25.2. The van der Waals surface area contributed by atoms with Gasteiger partial charge in [-0.15, -0.1) is 0 Å². The molecule has 19 heteroatoms. The van der Waals surface area contributed by atoms with Gasteiger partial charge in [0.2, 0.25) is 17.7 Å². The number of carbonyl (C=O) groups is 7. The van der Waals surface area contributed by atoms with E-state index in [4.69, 9.17) is 19.9 Å². The topological polar surface area (TPSA) is 268 Å². The number of non-ortho nitro benzene ring substituents is 1. The van der Waals surface area contributed by atoms with Crippen LogP contribution >= 0.6 is 0 Å². The molecule has 1 heterocycles. The zero-order valence-corrected chi connectivity index (χ0v) is 29.0. The van der Waals surface area contributed by atoms with Crippen LogP contribution in [0.2, 0.25) is 0 Å². The van der Waals surface area contributed by atoms with Gasteiger partial charge in [0.05, 0.1) is 24.7 Å². The molecule has 2 aromatic carbocycles. The van der Waals surface area contributed by atoms with Crippen LogP contribution in [-0.4, -0.2) is 89.9 Å². The van der Waals surface area contributed by atoms with Crippen LogP contribution < -0.4 is 31.7 Å². The molecule has 1 aliphatic rings. The van der Waals surface area contributed by atoms with Gasteiger partial charge in [-0.2, -0.15) is 0 Å². The van der Waals surface area contributed by atoms with Crippen molar-refractivity contribution in [1.82, 2.24) is 20.9 Å². The summed E-state index contributed by atoms with van der Waals surface area (Å²) in [6.45, 7) is 3.41. The predicted molar refractivity (Wildman–Crippen MR) is 186 cm³/mol. The molecule has 2 atom stereocenters. The van der Waals surface area contributed by atoms with Crippen molar-refractivity contribution in [1.29, 1.82) is 0 Å². The number of nitrogens with one attached hydrogen (secondary N) is 4. The van der Waals surface area contributed by atoms with Gasteiger partial charge in [0, 0.05) is 42.9 Å². The normalized spacial score (nSPS) is 13.2. The zero-order valence-electron chi connectivity index (χ0n) is 29.0. The average Bonchev–Trinajstić information content (AvgIpc) is 3.43. The molecule has 0 radical (unpaired) electrons. The fourth-order valence-electron chi connectivity index (χ4n) is 4.72. The highest BCUT2D eigenvalue weighted by atomic mass is 16.7. The summed E-state index contributed by atoms with van der Waals surface area (Å²) in [5.41, 5.74) is 5.85. The van der Waals surface area contributed by atoms with Crippen LogP contribution in [0.3, 0.4) is 0 Å². The van der Waals surface area contributed by atoms with Crippen LogP contribution in [0.25, 0.3) is 0 Å². The number of hydrogen-bond donors (Lipinski definition) is 5. The van der Waals surface area contributed by atoms with Crippen molar-refractivity contribution in [3.8, 4) is 5.75 Å². The van der Waals surface area contributed by atoms with Gasteiger partial charge in [-0.25, -0.2) is 9.59 Å². The molecular formula is C34H41N7O12. The monoisotopic (exact) mass is 739 g/mol. The highest BCUT2D eigenvalue weighted by Crippen LogP contribution is 2.18. The van der Waals surface area contributed by atoms with Crippen molar-refractivity contribution in [2.75, 3.05) is 31.6 Å². The molecule has 0 aliphatic carbocycles. The summed E-state index contributed by atoms with van der Waals surface area (Å²) in [7, 11) is 0. The van der Waals surface area contributed by atoms with Crippen molar-refractivity contribution < 1.29 is 52.7 Å². The van der Waals surface area contributed by atoms with Gasteiger partial charge >= 0.3 is 12.2 Å². The quantitative estimate of drug-likeness (QED) is 0.0324. The first kappa shape index (κ1) is 41.1. The molecule has 0 saturated heterocycles. The van der Waals surface area contributed by atoms with Crippen molar-refractivity contribution >= 4 is 53.1 Å². The zero-order chi connectivity index (χ0) is 38.9. The summed E-state index contributed by atoms with van der Waals surface area (Å²) in [6, 6.07) is 8.27. The average molecular weight is 740 g/mol. The summed E-state index contributed by atoms with van der Waals surface area (Å²) >= 11 is 0. The summed E-state index contributed by atoms with van der Waals surface area (Å²) in [5.74, 6) is -2.90. The van der Waals surface area contributed by atoms with Gasteiger partial charge in [0.1, 0.15) is 24.4 Å². The molecule has 0 bridgehead atoms. The Morgan fingerprint density at radius 1 is 0.906 bits per heavy atom. The molecule has 19 nitrogen and oxygen atoms in total. The Hall–Kier alpha value is -6.37. The van der Waals surface area contributed by atoms with Gasteiger partial charge in [0.15, 0.2) is 0 Å². The number of primary amides is 1. The number of hydrogen-bond acceptors (Lipinski definition) is 12. The van der Waals surface area contributed by atoms with Gasteiger partial charge in [-0.3, -0.25) is 39.0 Å². The fraction of sp³-hybridized carbons (Fsp3) is 0.382. The van der Waals surface area contributed by atoms with E-state index in [1.807, 2.05) is 0 Å². The van der Waals surface area contributed by atoms with Crippen LogP contribution in [-0.2, 0) is 40.1 Å². The highest BCUT2D eigenvalue weighted by molar-refractivity contribution is 6.12. The molecule has 2 aromatic rings. The number of nitro benzene ring substituents is 1. The minimum Gasteiger partial charge on any atom is -0.429 e. The van der Waals surface area contributed by atoms with Crippen molar-refractivity contribution in [2.24, 2.45) is 11.7 Å². The van der Waals surface area contributed by atoms with E-state index in [-0.39, 0.29) is 69.5 Å². The van der Waals surface area contributed by atoms with Crippen LogP contribution in [0.1, 0.15) is 38.7 Å². The van der Waals surface area contributed by atoms with Crippen LogP contribution in [0.4, 0.5) is 21.0 Å². The van der Waals surface area contributed by atoms with E-state index in [1.54, 1.807) is 38.1 Å². The Kier molecular flexibility index (Phi) is 15.9. The lowest BCUT2D eigenvalue weighted by molar-refractivity contribution is -0.384. The van der Waals surface area contributed by atoms with Gasteiger partial charge in [0.25, 0.3) is 17.5 Å². The van der Waals surface area contributed by atoms with E-state index in [1.165, 1.54) is 24.3 Å². The Morgan fingerprint density at radius 2 is 1.57 bits per heavy atom. The molecule has 284 valence electrons. The number of nitrogens with zero attached hydrogens (tertiary/aromatic N) is 2. The molecule has 53 heavy (non-hydrogen) atoms. The molecule has 1 aliphatic heterocycles. The fourth-order valence-corrected chi connectivity index (χ4v) is 4.72. The third kappa shape index (κ3) is 14.0. The third-order valence-corrected chi connectivity index (χ3v) is 7.53. The molecule has 0 aromatic heterocycles. The minimum absolute atomic E-state index is 0.0270. The van der Waals surface area contributed by atoms with E-state index in [0.717, 1.165) is 17.1 Å². The molecule has 7 amide bonds. The number of benzene rings is 2. The summed E-state index contributed by atoms with van der Waals surface area (Å²) in [4.78, 5) is 97.0. The van der Waals surface area contributed by atoms with Crippen LogP contribution in [0.15, 0.2) is 60.7 Å². The SMILES string of the molecule is CC(C)[C@@H](NC(=O)CCOCCN1C(=O)C=CC1=O)C(=O)N[C@@H](CCCNC(N)=O)C(=O)Nc1ccc(COC(=O)Oc2ccc([N+](=O)[O-])cc2)cc1. The lowest BCUT2D eigenvalue weighted by atomic mass is 10.0. The maximum Gasteiger partial charge on any atom is 0.514 e. The predicted octanol–water partition coefficient (Wildman–Crippen LogP) is 1.65. The summed E-state index contributed by atoms with van der Waals surface area (Å²) in [5, 5.41) is 21.2. The largest absolute Gasteiger partial charge is 0.514 e. The van der Waals surface area contributed by atoms with Crippen molar-refractivity contribution in [2.45, 2.75) is 51.8 Å². The molecule has 6 N–H and O–H groups in total. The first-order valence-electron chi connectivity index (χ1n) is 16.5. The van der Waals surface area contributed by atoms with E-state index < -0.39 is 58.7 Å². The number of anilines is 1. The Labute approximate surface area is 303 Å². The molecule has 0 unspecified atom stereocenters. The van der Waals surface area contributed by atoms with Crippen LogP contribution in [0, 0.1) is 16.0 Å². The number of nitro groups is 1. The number of rotatable bonds is 20. The Balaban J connectivity index is 1.52. The number of carbonyl (C=O) groups excluding carboxylic acids is 7. The lowest BCUT2D eigenvalue weighted by Gasteiger charge is -2.25. The number of nitrogens with two attached hydrogens (primary N) is 1. The number of urea groups is 1. The molecule has 0 spiro atoms.